The number of nitrogens with zero attached hydrogens (tertiary/aromatic N) is 1. The van der Waals surface area contributed by atoms with E-state index in [0.29, 0.717) is 4.73 Å². The summed E-state index contributed by atoms with van der Waals surface area (Å²) in [5.74, 6) is 0. The summed E-state index contributed by atoms with van der Waals surface area (Å²) in [5, 5.41) is 0. The summed E-state index contributed by atoms with van der Waals surface area (Å²) < 4.78 is 0.568. The van der Waals surface area contributed by atoms with Crippen LogP contribution in [0.25, 0.3) is 0 Å². The van der Waals surface area contributed by atoms with Crippen LogP contribution in [-0.4, -0.2) is 27.3 Å². The molecule has 0 rings (SSSR count). The number of nitrogens with two attached hydrogens (primary N) is 1. The monoisotopic (exact) mass is 179 g/mol. The molecule has 0 aromatic rings. The fourth-order valence-electron chi connectivity index (χ4n) is 0.347. The van der Waals surface area contributed by atoms with Gasteiger partial charge in [0.15, 0.2) is 0 Å². The third kappa shape index (κ3) is 5.99. The average molecular weight is 178 g/mol. The van der Waals surface area contributed by atoms with Crippen molar-refractivity contribution in [3.63, 3.8) is 0 Å². The van der Waals surface area contributed by atoms with E-state index in [0.717, 1.165) is 13.0 Å². The quantitative estimate of drug-likeness (QED) is 0.286. The van der Waals surface area contributed by atoms with Crippen molar-refractivity contribution in [3.8, 4) is 0 Å². The van der Waals surface area contributed by atoms with Crippen LogP contribution in [0.5, 0.6) is 0 Å². The minimum absolute atomic E-state index is 0.568. The van der Waals surface area contributed by atoms with Crippen LogP contribution in [0.15, 0.2) is 4.99 Å². The zero-order valence-corrected chi connectivity index (χ0v) is 6.77. The van der Waals surface area contributed by atoms with Crippen LogP contribution in [0.4, 0.5) is 0 Å². The van der Waals surface area contributed by atoms with E-state index in [-0.39, 0.29) is 0 Å². The molecule has 0 aromatic carbocycles. The predicted molar refractivity (Wildman–Crippen MR) is 37.2 cm³/mol. The van der Waals surface area contributed by atoms with Gasteiger partial charge >= 0.3 is 57.8 Å². The van der Waals surface area contributed by atoms with Gasteiger partial charge in [-0.25, -0.2) is 0 Å². The molecular formula is C5H11N2Se. The van der Waals surface area contributed by atoms with Gasteiger partial charge in [-0.05, 0) is 0 Å². The van der Waals surface area contributed by atoms with Gasteiger partial charge < -0.3 is 0 Å². The fraction of sp³-hybridized carbons (Fsp3) is 0.800. The van der Waals surface area contributed by atoms with Crippen molar-refractivity contribution >= 4 is 20.7 Å². The van der Waals surface area contributed by atoms with Gasteiger partial charge in [0.05, 0.1) is 0 Å². The first-order valence-corrected chi connectivity index (χ1v) is 3.60. The van der Waals surface area contributed by atoms with Crippen molar-refractivity contribution in [1.82, 2.24) is 0 Å². The molecule has 0 aliphatic carbocycles. The number of unbranched alkanes of at least 4 members (excludes halogenated alkanes) is 1. The second-order valence-corrected chi connectivity index (χ2v) is 2.45. The van der Waals surface area contributed by atoms with E-state index in [2.05, 4.69) is 27.9 Å². The molecule has 0 heterocycles. The SMILES string of the molecule is CCCCN=C(N)[Se]. The summed E-state index contributed by atoms with van der Waals surface area (Å²) in [6, 6.07) is 0. The maximum absolute atomic E-state index is 5.23. The molecule has 2 nitrogen and oxygen atoms in total. The average Bonchev–Trinajstić information content (AvgIpc) is 1.66. The Bertz CT molecular complexity index is 76.5. The van der Waals surface area contributed by atoms with Gasteiger partial charge in [0.25, 0.3) is 0 Å². The molecule has 0 aromatic heterocycles. The van der Waals surface area contributed by atoms with Gasteiger partial charge in [0, 0.05) is 0 Å². The van der Waals surface area contributed by atoms with E-state index in [1.807, 2.05) is 0 Å². The van der Waals surface area contributed by atoms with Crippen molar-refractivity contribution in [2.24, 2.45) is 10.7 Å². The molecule has 2 N–H and O–H groups in total. The summed E-state index contributed by atoms with van der Waals surface area (Å²) in [6.07, 6.45) is 2.30. The second-order valence-electron chi connectivity index (χ2n) is 1.57. The zero-order valence-electron chi connectivity index (χ0n) is 5.05. The molecule has 1 radical (unpaired) electrons. The van der Waals surface area contributed by atoms with E-state index in [4.69, 9.17) is 5.73 Å². The summed E-state index contributed by atoms with van der Waals surface area (Å²) in [6.45, 7) is 2.99. The molecule has 8 heavy (non-hydrogen) atoms. The van der Waals surface area contributed by atoms with Crippen LogP contribution in [0, 0.1) is 0 Å². The normalized spacial score (nSPS) is 11.9. The van der Waals surface area contributed by atoms with Crippen LogP contribution in [0.2, 0.25) is 0 Å². The van der Waals surface area contributed by atoms with Crippen LogP contribution >= 0.6 is 0 Å². The molecule has 0 atom stereocenters. The zero-order chi connectivity index (χ0) is 6.41. The van der Waals surface area contributed by atoms with Crippen LogP contribution in [0.3, 0.4) is 0 Å². The molecule has 3 heteroatoms. The Morgan fingerprint density at radius 1 is 1.75 bits per heavy atom. The van der Waals surface area contributed by atoms with Crippen LogP contribution in [0.1, 0.15) is 19.8 Å². The number of hydrogen-bond donors (Lipinski definition) is 1. The molecule has 0 aliphatic rings. The van der Waals surface area contributed by atoms with Crippen molar-refractivity contribution < 1.29 is 0 Å². The first-order chi connectivity index (χ1) is 3.77. The Balaban J connectivity index is 3.03. The third-order valence-corrected chi connectivity index (χ3v) is 1.05. The minimum atomic E-state index is 0.568. The molecular weight excluding hydrogens is 167 g/mol. The molecule has 47 valence electrons. The Morgan fingerprint density at radius 3 is 2.75 bits per heavy atom. The molecule has 0 bridgehead atoms. The van der Waals surface area contributed by atoms with Crippen LogP contribution < -0.4 is 5.73 Å². The van der Waals surface area contributed by atoms with Crippen molar-refractivity contribution in [2.75, 3.05) is 6.54 Å². The van der Waals surface area contributed by atoms with Gasteiger partial charge in [0.2, 0.25) is 0 Å². The van der Waals surface area contributed by atoms with Gasteiger partial charge in [-0.2, -0.15) is 0 Å². The van der Waals surface area contributed by atoms with E-state index in [1.54, 1.807) is 0 Å². The van der Waals surface area contributed by atoms with Crippen LogP contribution in [-0.2, 0) is 0 Å². The number of hydrogen-bond acceptors (Lipinski definition) is 1. The van der Waals surface area contributed by atoms with Crippen molar-refractivity contribution in [1.29, 1.82) is 0 Å². The molecule has 0 fully saturated rings. The van der Waals surface area contributed by atoms with E-state index >= 15 is 0 Å². The van der Waals surface area contributed by atoms with E-state index in [9.17, 15) is 0 Å². The summed E-state index contributed by atoms with van der Waals surface area (Å²) in [7, 11) is 0. The Kier molecular flexibility index (Phi) is 5.13. The molecule has 0 unspecified atom stereocenters. The number of aliphatic imine (C=N–C) groups is 1. The topological polar surface area (TPSA) is 38.4 Å². The third-order valence-electron chi connectivity index (χ3n) is 0.779. The summed E-state index contributed by atoms with van der Waals surface area (Å²) >= 11 is 2.63. The van der Waals surface area contributed by atoms with Gasteiger partial charge in [-0.15, -0.1) is 0 Å². The van der Waals surface area contributed by atoms with Gasteiger partial charge in [-0.3, -0.25) is 0 Å². The summed E-state index contributed by atoms with van der Waals surface area (Å²) in [5.41, 5.74) is 5.23. The number of amidine groups is 1. The molecule has 0 saturated heterocycles. The first kappa shape index (κ1) is 7.99. The molecule has 0 saturated carbocycles. The van der Waals surface area contributed by atoms with E-state index in [1.165, 1.54) is 6.42 Å². The second kappa shape index (κ2) is 5.13. The fourth-order valence-corrected chi connectivity index (χ4v) is 0.539. The molecule has 0 spiro atoms. The van der Waals surface area contributed by atoms with Gasteiger partial charge in [-0.1, -0.05) is 0 Å². The van der Waals surface area contributed by atoms with Gasteiger partial charge in [0.1, 0.15) is 0 Å². The molecule has 0 aliphatic heterocycles. The molecule has 0 amide bonds. The first-order valence-electron chi connectivity index (χ1n) is 2.74. The number of rotatable bonds is 3. The predicted octanol–water partition coefficient (Wildman–Crippen LogP) is 0.270. The van der Waals surface area contributed by atoms with Crippen molar-refractivity contribution in [2.45, 2.75) is 19.8 Å². The van der Waals surface area contributed by atoms with Crippen molar-refractivity contribution in [3.05, 3.63) is 0 Å². The van der Waals surface area contributed by atoms with E-state index < -0.39 is 0 Å². The standard InChI is InChI=1S/C5H11N2Se/c1-2-3-4-7-5(6)8/h2-4H2,1H3,(H2,6,7). The maximum atomic E-state index is 5.23. The Labute approximate surface area is 58.4 Å². The summed E-state index contributed by atoms with van der Waals surface area (Å²) in [4.78, 5) is 3.95. The Hall–Kier alpha value is -0.0105. The Morgan fingerprint density at radius 2 is 2.38 bits per heavy atom.